The van der Waals surface area contributed by atoms with Gasteiger partial charge in [-0.2, -0.15) is 0 Å². The molecule has 0 unspecified atom stereocenters. The van der Waals surface area contributed by atoms with E-state index >= 15 is 0 Å². The number of phenols is 1. The molecule has 1 aromatic carbocycles. The molecule has 0 bridgehead atoms. The van der Waals surface area contributed by atoms with Crippen molar-refractivity contribution in [1.29, 1.82) is 0 Å². The van der Waals surface area contributed by atoms with E-state index in [0.29, 0.717) is 5.69 Å². The fourth-order valence-corrected chi connectivity index (χ4v) is 2.31. The van der Waals surface area contributed by atoms with Crippen molar-refractivity contribution in [2.75, 3.05) is 5.75 Å². The van der Waals surface area contributed by atoms with Crippen LogP contribution in [0.2, 0.25) is 0 Å². The van der Waals surface area contributed by atoms with E-state index in [0.717, 1.165) is 4.90 Å². The lowest BCUT2D eigenvalue weighted by atomic mass is 10.3. The van der Waals surface area contributed by atoms with Crippen LogP contribution in [-0.2, 0) is 11.8 Å². The van der Waals surface area contributed by atoms with Crippen molar-refractivity contribution in [2.45, 2.75) is 4.90 Å². The Morgan fingerprint density at radius 2 is 1.95 bits per heavy atom. The Bertz CT molecular complexity index is 620. The Morgan fingerprint density at radius 3 is 2.55 bits per heavy atom. The lowest BCUT2D eigenvalue weighted by Gasteiger charge is -2.05. The van der Waals surface area contributed by atoms with Crippen molar-refractivity contribution in [3.63, 3.8) is 0 Å². The average Bonchev–Trinajstić information content (AvgIpc) is 2.84. The first kappa shape index (κ1) is 14.2. The lowest BCUT2D eigenvalue weighted by Crippen LogP contribution is -2.32. The summed E-state index contributed by atoms with van der Waals surface area (Å²) in [7, 11) is 1.74. The summed E-state index contributed by atoms with van der Waals surface area (Å²) < 4.78 is 1.65. The highest BCUT2D eigenvalue weighted by Gasteiger charge is 2.12. The number of amides is 2. The van der Waals surface area contributed by atoms with E-state index in [2.05, 4.69) is 5.32 Å². The van der Waals surface area contributed by atoms with Crippen LogP contribution in [0.1, 0.15) is 10.5 Å². The Labute approximate surface area is 120 Å². The number of rotatable bonds is 4. The molecule has 2 N–H and O–H groups in total. The Hall–Kier alpha value is -2.21. The number of nitrogens with one attached hydrogen (secondary N) is 1. The number of aromatic nitrogens is 1. The zero-order valence-electron chi connectivity index (χ0n) is 10.9. The van der Waals surface area contributed by atoms with Crippen LogP contribution >= 0.6 is 11.8 Å². The number of carbonyl (C=O) groups excluding carboxylic acids is 2. The molecule has 0 saturated carbocycles. The highest BCUT2D eigenvalue weighted by Crippen LogP contribution is 2.20. The van der Waals surface area contributed by atoms with Gasteiger partial charge in [-0.05, 0) is 36.4 Å². The molecule has 0 atom stereocenters. The molecule has 0 saturated heterocycles. The summed E-state index contributed by atoms with van der Waals surface area (Å²) in [6.45, 7) is 0. The number of imide groups is 1. The summed E-state index contributed by atoms with van der Waals surface area (Å²) in [4.78, 5) is 24.3. The number of thioether (sulfide) groups is 1. The van der Waals surface area contributed by atoms with Crippen molar-refractivity contribution in [3.05, 3.63) is 48.3 Å². The summed E-state index contributed by atoms with van der Waals surface area (Å²) >= 11 is 1.30. The van der Waals surface area contributed by atoms with Crippen LogP contribution in [-0.4, -0.2) is 27.2 Å². The van der Waals surface area contributed by atoms with E-state index in [1.165, 1.54) is 11.8 Å². The number of aryl methyl sites for hydroxylation is 1. The van der Waals surface area contributed by atoms with Crippen LogP contribution in [0.15, 0.2) is 47.5 Å². The molecule has 0 aliphatic carbocycles. The van der Waals surface area contributed by atoms with E-state index in [1.54, 1.807) is 54.2 Å². The van der Waals surface area contributed by atoms with Crippen molar-refractivity contribution in [2.24, 2.45) is 7.05 Å². The average molecular weight is 290 g/mol. The molecule has 5 nitrogen and oxygen atoms in total. The Kier molecular flexibility index (Phi) is 4.47. The van der Waals surface area contributed by atoms with E-state index in [9.17, 15) is 9.59 Å². The minimum atomic E-state index is -0.409. The fraction of sp³-hybridized carbons (Fsp3) is 0.143. The molecule has 2 amide bonds. The van der Waals surface area contributed by atoms with Crippen LogP contribution in [0.3, 0.4) is 0 Å². The highest BCUT2D eigenvalue weighted by atomic mass is 32.2. The van der Waals surface area contributed by atoms with Crippen molar-refractivity contribution in [1.82, 2.24) is 9.88 Å². The SMILES string of the molecule is Cn1cccc1C(=O)NC(=O)CSc1ccc(O)cc1. The lowest BCUT2D eigenvalue weighted by molar-refractivity contribution is -0.117. The van der Waals surface area contributed by atoms with Gasteiger partial charge in [-0.1, -0.05) is 0 Å². The molecule has 104 valence electrons. The molecule has 6 heteroatoms. The predicted octanol–water partition coefficient (Wildman–Crippen LogP) is 1.78. The van der Waals surface area contributed by atoms with Crippen molar-refractivity contribution >= 4 is 23.6 Å². The van der Waals surface area contributed by atoms with Crippen LogP contribution in [0.5, 0.6) is 5.75 Å². The van der Waals surface area contributed by atoms with Crippen molar-refractivity contribution < 1.29 is 14.7 Å². The molecule has 1 heterocycles. The molecule has 0 aliphatic heterocycles. The van der Waals surface area contributed by atoms with E-state index < -0.39 is 5.91 Å². The Balaban J connectivity index is 1.85. The largest absolute Gasteiger partial charge is 0.508 e. The second-order valence-corrected chi connectivity index (χ2v) is 5.21. The number of aromatic hydroxyl groups is 1. The second kappa shape index (κ2) is 6.29. The number of phenolic OH excluding ortho intramolecular Hbond substituents is 1. The van der Waals surface area contributed by atoms with Gasteiger partial charge < -0.3 is 9.67 Å². The zero-order chi connectivity index (χ0) is 14.5. The minimum absolute atomic E-state index is 0.140. The third-order valence-corrected chi connectivity index (χ3v) is 3.65. The maximum atomic E-state index is 11.8. The van der Waals surface area contributed by atoms with Gasteiger partial charge in [0.15, 0.2) is 0 Å². The summed E-state index contributed by atoms with van der Waals surface area (Å²) in [6.07, 6.45) is 1.74. The molecular formula is C14H14N2O3S. The topological polar surface area (TPSA) is 71.3 Å². The highest BCUT2D eigenvalue weighted by molar-refractivity contribution is 8.00. The van der Waals surface area contributed by atoms with Gasteiger partial charge in [-0.3, -0.25) is 14.9 Å². The first-order valence-electron chi connectivity index (χ1n) is 5.93. The van der Waals surface area contributed by atoms with Crippen LogP contribution in [0.25, 0.3) is 0 Å². The third kappa shape index (κ3) is 3.64. The molecule has 2 rings (SSSR count). The molecule has 0 radical (unpaired) electrons. The third-order valence-electron chi connectivity index (χ3n) is 2.64. The number of hydrogen-bond acceptors (Lipinski definition) is 4. The van der Waals surface area contributed by atoms with Crippen molar-refractivity contribution in [3.8, 4) is 5.75 Å². The minimum Gasteiger partial charge on any atom is -0.508 e. The summed E-state index contributed by atoms with van der Waals surface area (Å²) in [5, 5.41) is 11.5. The van der Waals surface area contributed by atoms with Gasteiger partial charge in [0.2, 0.25) is 5.91 Å². The predicted molar refractivity (Wildman–Crippen MR) is 76.7 cm³/mol. The van der Waals surface area contributed by atoms with E-state index in [-0.39, 0.29) is 17.4 Å². The van der Waals surface area contributed by atoms with Gasteiger partial charge >= 0.3 is 0 Å². The first-order chi connectivity index (χ1) is 9.56. The summed E-state index contributed by atoms with van der Waals surface area (Å²) in [6, 6.07) is 9.92. The fourth-order valence-electron chi connectivity index (χ4n) is 1.61. The van der Waals surface area contributed by atoms with Gasteiger partial charge in [0.25, 0.3) is 5.91 Å². The van der Waals surface area contributed by atoms with Gasteiger partial charge in [0.1, 0.15) is 11.4 Å². The first-order valence-corrected chi connectivity index (χ1v) is 6.92. The van der Waals surface area contributed by atoms with Gasteiger partial charge in [0, 0.05) is 18.1 Å². The maximum Gasteiger partial charge on any atom is 0.274 e. The molecule has 0 aliphatic rings. The molecule has 2 aromatic rings. The van der Waals surface area contributed by atoms with Crippen LogP contribution in [0.4, 0.5) is 0 Å². The standard InChI is InChI=1S/C14H14N2O3S/c1-16-8-2-3-12(16)14(19)15-13(18)9-20-11-6-4-10(17)5-7-11/h2-8,17H,9H2,1H3,(H,15,18,19). The van der Waals surface area contributed by atoms with E-state index in [1.807, 2.05) is 0 Å². The number of benzene rings is 1. The summed E-state index contributed by atoms with van der Waals surface area (Å²) in [5.74, 6) is -0.443. The maximum absolute atomic E-state index is 11.8. The monoisotopic (exact) mass is 290 g/mol. The normalized spacial score (nSPS) is 10.2. The second-order valence-electron chi connectivity index (χ2n) is 4.16. The van der Waals surface area contributed by atoms with Gasteiger partial charge in [-0.15, -0.1) is 11.8 Å². The quantitative estimate of drug-likeness (QED) is 0.842. The molecule has 0 fully saturated rings. The number of carbonyl (C=O) groups is 2. The van der Waals surface area contributed by atoms with E-state index in [4.69, 9.17) is 5.11 Å². The Morgan fingerprint density at radius 1 is 1.25 bits per heavy atom. The van der Waals surface area contributed by atoms with Crippen LogP contribution in [0, 0.1) is 0 Å². The molecule has 1 aromatic heterocycles. The smallest absolute Gasteiger partial charge is 0.274 e. The molecule has 20 heavy (non-hydrogen) atoms. The summed E-state index contributed by atoms with van der Waals surface area (Å²) in [5.41, 5.74) is 0.438. The zero-order valence-corrected chi connectivity index (χ0v) is 11.7. The van der Waals surface area contributed by atoms with Crippen LogP contribution < -0.4 is 5.32 Å². The number of nitrogens with zero attached hydrogens (tertiary/aromatic N) is 1. The molecular weight excluding hydrogens is 276 g/mol. The number of hydrogen-bond donors (Lipinski definition) is 2. The molecule has 0 spiro atoms. The van der Waals surface area contributed by atoms with Gasteiger partial charge in [-0.25, -0.2) is 0 Å². The van der Waals surface area contributed by atoms with Gasteiger partial charge in [0.05, 0.1) is 5.75 Å².